The third-order valence-electron chi connectivity index (χ3n) is 4.67. The van der Waals surface area contributed by atoms with Crippen molar-refractivity contribution < 1.29 is 18.6 Å². The molecule has 3 aromatic rings. The lowest BCUT2D eigenvalue weighted by molar-refractivity contribution is -0.384. The van der Waals surface area contributed by atoms with Gasteiger partial charge in [-0.1, -0.05) is 5.16 Å². The van der Waals surface area contributed by atoms with Crippen LogP contribution in [0.3, 0.4) is 0 Å². The van der Waals surface area contributed by atoms with Crippen molar-refractivity contribution in [1.29, 1.82) is 0 Å². The van der Waals surface area contributed by atoms with Gasteiger partial charge in [0.05, 0.1) is 4.92 Å². The van der Waals surface area contributed by atoms with Crippen LogP contribution in [-0.2, 0) is 0 Å². The van der Waals surface area contributed by atoms with E-state index in [0.29, 0.717) is 35.8 Å². The van der Waals surface area contributed by atoms with Crippen molar-refractivity contribution in [2.24, 2.45) is 0 Å². The van der Waals surface area contributed by atoms with E-state index in [9.17, 15) is 19.3 Å². The number of nitrogens with zero attached hydrogens (tertiary/aromatic N) is 4. The van der Waals surface area contributed by atoms with E-state index in [1.165, 1.54) is 36.4 Å². The molecule has 1 aromatic heterocycles. The van der Waals surface area contributed by atoms with Gasteiger partial charge in [0.1, 0.15) is 11.9 Å². The minimum Gasteiger partial charge on any atom is -0.337 e. The number of halogens is 1. The number of benzene rings is 2. The van der Waals surface area contributed by atoms with Gasteiger partial charge >= 0.3 is 0 Å². The topological polar surface area (TPSA) is 102 Å². The highest BCUT2D eigenvalue weighted by atomic mass is 19.1. The SMILES string of the molecule is O=C(c1ccc([N+](=O)[O-])cc1)N1CCCC1c1nc(-c2ccc(F)cc2)no1. The van der Waals surface area contributed by atoms with Gasteiger partial charge in [0, 0.05) is 29.8 Å². The molecule has 4 rings (SSSR count). The molecule has 1 atom stereocenters. The van der Waals surface area contributed by atoms with Crippen LogP contribution in [-0.4, -0.2) is 32.4 Å². The summed E-state index contributed by atoms with van der Waals surface area (Å²) in [4.78, 5) is 29.1. The van der Waals surface area contributed by atoms with Crippen molar-refractivity contribution in [3.63, 3.8) is 0 Å². The molecule has 0 radical (unpaired) electrons. The van der Waals surface area contributed by atoms with Crippen molar-refractivity contribution in [2.75, 3.05) is 6.54 Å². The zero-order valence-corrected chi connectivity index (χ0v) is 14.6. The van der Waals surface area contributed by atoms with Gasteiger partial charge in [-0.25, -0.2) is 4.39 Å². The summed E-state index contributed by atoms with van der Waals surface area (Å²) in [6.45, 7) is 0.523. The Labute approximate surface area is 158 Å². The van der Waals surface area contributed by atoms with Crippen molar-refractivity contribution >= 4 is 11.6 Å². The summed E-state index contributed by atoms with van der Waals surface area (Å²) in [6, 6.07) is 10.8. The minimum absolute atomic E-state index is 0.0737. The van der Waals surface area contributed by atoms with Gasteiger partial charge in [-0.05, 0) is 49.2 Å². The Hall–Kier alpha value is -3.62. The predicted molar refractivity (Wildman–Crippen MR) is 95.8 cm³/mol. The average molecular weight is 382 g/mol. The normalized spacial score (nSPS) is 16.3. The van der Waals surface area contributed by atoms with Crippen molar-refractivity contribution in [2.45, 2.75) is 18.9 Å². The molecule has 1 unspecified atom stereocenters. The van der Waals surface area contributed by atoms with Crippen LogP contribution in [0.5, 0.6) is 0 Å². The number of nitro benzene ring substituents is 1. The van der Waals surface area contributed by atoms with Crippen LogP contribution in [0.25, 0.3) is 11.4 Å². The summed E-state index contributed by atoms with van der Waals surface area (Å²) < 4.78 is 18.4. The number of likely N-dealkylation sites (tertiary alicyclic amines) is 1. The zero-order chi connectivity index (χ0) is 19.7. The smallest absolute Gasteiger partial charge is 0.269 e. The molecule has 9 heteroatoms. The molecule has 0 bridgehead atoms. The number of hydrogen-bond acceptors (Lipinski definition) is 6. The Morgan fingerprint density at radius 2 is 1.89 bits per heavy atom. The monoisotopic (exact) mass is 382 g/mol. The molecule has 0 spiro atoms. The maximum Gasteiger partial charge on any atom is 0.269 e. The van der Waals surface area contributed by atoms with Gasteiger partial charge in [-0.2, -0.15) is 4.98 Å². The Morgan fingerprint density at radius 1 is 1.18 bits per heavy atom. The first-order chi connectivity index (χ1) is 13.5. The Bertz CT molecular complexity index is 1020. The summed E-state index contributed by atoms with van der Waals surface area (Å²) >= 11 is 0. The molecule has 1 aliphatic heterocycles. The highest BCUT2D eigenvalue weighted by molar-refractivity contribution is 5.94. The lowest BCUT2D eigenvalue weighted by Gasteiger charge is -2.21. The summed E-state index contributed by atoms with van der Waals surface area (Å²) in [5.41, 5.74) is 0.897. The van der Waals surface area contributed by atoms with Gasteiger partial charge in [0.25, 0.3) is 11.6 Å². The highest BCUT2D eigenvalue weighted by Gasteiger charge is 2.34. The van der Waals surface area contributed by atoms with Gasteiger partial charge in [0.2, 0.25) is 11.7 Å². The fourth-order valence-electron chi connectivity index (χ4n) is 3.24. The molecule has 0 saturated carbocycles. The molecule has 8 nitrogen and oxygen atoms in total. The fourth-order valence-corrected chi connectivity index (χ4v) is 3.24. The average Bonchev–Trinajstić information content (AvgIpc) is 3.37. The lowest BCUT2D eigenvalue weighted by Crippen LogP contribution is -2.30. The van der Waals surface area contributed by atoms with E-state index in [1.807, 2.05) is 0 Å². The van der Waals surface area contributed by atoms with Gasteiger partial charge in [-0.3, -0.25) is 14.9 Å². The number of carbonyl (C=O) groups excluding carboxylic acids is 1. The molecule has 1 aliphatic rings. The number of non-ortho nitro benzene ring substituents is 1. The Kier molecular flexibility index (Phi) is 4.56. The van der Waals surface area contributed by atoms with Crippen LogP contribution in [0.1, 0.15) is 35.1 Å². The summed E-state index contributed by atoms with van der Waals surface area (Å²) in [5, 5.41) is 14.7. The van der Waals surface area contributed by atoms with Gasteiger partial charge in [-0.15, -0.1) is 0 Å². The third-order valence-corrected chi connectivity index (χ3v) is 4.67. The van der Waals surface area contributed by atoms with E-state index in [1.54, 1.807) is 17.0 Å². The van der Waals surface area contributed by atoms with Crippen molar-refractivity contribution in [1.82, 2.24) is 15.0 Å². The van der Waals surface area contributed by atoms with Crippen LogP contribution in [0.4, 0.5) is 10.1 Å². The van der Waals surface area contributed by atoms with Gasteiger partial charge < -0.3 is 9.42 Å². The molecule has 1 amide bonds. The second kappa shape index (κ2) is 7.18. The second-order valence-corrected chi connectivity index (χ2v) is 6.42. The first kappa shape index (κ1) is 17.8. The van der Waals surface area contributed by atoms with Crippen LogP contribution >= 0.6 is 0 Å². The van der Waals surface area contributed by atoms with Crippen LogP contribution < -0.4 is 0 Å². The van der Waals surface area contributed by atoms with Crippen LogP contribution in [0, 0.1) is 15.9 Å². The molecule has 2 aromatic carbocycles. The van der Waals surface area contributed by atoms with E-state index in [2.05, 4.69) is 10.1 Å². The van der Waals surface area contributed by atoms with E-state index in [0.717, 1.165) is 6.42 Å². The lowest BCUT2D eigenvalue weighted by atomic mass is 10.1. The second-order valence-electron chi connectivity index (χ2n) is 6.42. The van der Waals surface area contributed by atoms with Crippen LogP contribution in [0.15, 0.2) is 53.1 Å². The highest BCUT2D eigenvalue weighted by Crippen LogP contribution is 2.33. The molecular formula is C19H15FN4O4. The van der Waals surface area contributed by atoms with E-state index >= 15 is 0 Å². The van der Waals surface area contributed by atoms with Crippen molar-refractivity contribution in [3.05, 3.63) is 75.9 Å². The molecule has 2 heterocycles. The van der Waals surface area contributed by atoms with E-state index in [-0.39, 0.29) is 23.5 Å². The summed E-state index contributed by atoms with van der Waals surface area (Å²) in [6.07, 6.45) is 1.45. The molecule has 1 saturated heterocycles. The maximum absolute atomic E-state index is 13.1. The fraction of sp³-hybridized carbons (Fsp3) is 0.211. The predicted octanol–water partition coefficient (Wildman–Crippen LogP) is 3.76. The summed E-state index contributed by atoms with van der Waals surface area (Å²) in [7, 11) is 0. The molecule has 1 fully saturated rings. The van der Waals surface area contributed by atoms with E-state index in [4.69, 9.17) is 4.52 Å². The first-order valence-corrected chi connectivity index (χ1v) is 8.68. The Balaban J connectivity index is 1.56. The van der Waals surface area contributed by atoms with Gasteiger partial charge in [0.15, 0.2) is 0 Å². The maximum atomic E-state index is 13.1. The van der Waals surface area contributed by atoms with Crippen molar-refractivity contribution in [3.8, 4) is 11.4 Å². The molecule has 0 aliphatic carbocycles. The van der Waals surface area contributed by atoms with Crippen LogP contribution in [0.2, 0.25) is 0 Å². The number of carbonyl (C=O) groups is 1. The summed E-state index contributed by atoms with van der Waals surface area (Å²) in [5.74, 6) is 0.0267. The standard InChI is InChI=1S/C19H15FN4O4/c20-14-7-3-12(4-8-14)17-21-18(28-22-17)16-2-1-11-23(16)19(25)13-5-9-15(10-6-13)24(26)27/h3-10,16H,1-2,11H2. The van der Waals surface area contributed by atoms with E-state index < -0.39 is 4.92 Å². The molecule has 142 valence electrons. The molecular weight excluding hydrogens is 367 g/mol. The third kappa shape index (κ3) is 3.34. The number of aromatic nitrogens is 2. The number of hydrogen-bond donors (Lipinski definition) is 0. The quantitative estimate of drug-likeness (QED) is 0.503. The number of nitro groups is 1. The largest absolute Gasteiger partial charge is 0.337 e. The zero-order valence-electron chi connectivity index (χ0n) is 14.6. The Morgan fingerprint density at radius 3 is 2.57 bits per heavy atom. The molecule has 0 N–H and O–H groups in total. The first-order valence-electron chi connectivity index (χ1n) is 8.68. The number of rotatable bonds is 4. The molecule has 28 heavy (non-hydrogen) atoms. The number of amides is 1. The minimum atomic E-state index is -0.512.